The molecule has 5 heteroatoms. The number of hydrogen-bond acceptors (Lipinski definition) is 3. The normalized spacial score (nSPS) is 11.2. The van der Waals surface area contributed by atoms with Crippen molar-refractivity contribution >= 4 is 29.0 Å². The van der Waals surface area contributed by atoms with E-state index in [1.165, 1.54) is 0 Å². The van der Waals surface area contributed by atoms with E-state index in [-0.39, 0.29) is 5.56 Å². The molecular weight excluding hydrogens is 276 g/mol. The van der Waals surface area contributed by atoms with Crippen LogP contribution >= 0.6 is 11.6 Å². The largest absolute Gasteiger partial charge is 0.478 e. The molecule has 0 fully saturated rings. The smallest absolute Gasteiger partial charge is 0.335 e. The molecule has 2 N–H and O–H groups in total. The Balaban J connectivity index is 2.14. The van der Waals surface area contributed by atoms with Gasteiger partial charge in [-0.15, -0.1) is 0 Å². The quantitative estimate of drug-likeness (QED) is 0.663. The van der Waals surface area contributed by atoms with Gasteiger partial charge < -0.3 is 5.11 Å². The van der Waals surface area contributed by atoms with Gasteiger partial charge in [0.25, 0.3) is 0 Å². The Morgan fingerprint density at radius 1 is 1.10 bits per heavy atom. The average Bonchev–Trinajstić information content (AvgIpc) is 2.46. The average molecular weight is 289 g/mol. The lowest BCUT2D eigenvalue weighted by atomic mass is 10.1. The number of anilines is 1. The molecule has 4 nitrogen and oxygen atoms in total. The molecule has 0 bridgehead atoms. The Hall–Kier alpha value is -2.33. The van der Waals surface area contributed by atoms with Gasteiger partial charge in [-0.2, -0.15) is 5.10 Å². The van der Waals surface area contributed by atoms with E-state index in [2.05, 4.69) is 10.5 Å². The highest BCUT2D eigenvalue weighted by Gasteiger charge is 2.03. The molecule has 0 aliphatic rings. The Bertz CT molecular complexity index is 651. The van der Waals surface area contributed by atoms with E-state index in [4.69, 9.17) is 16.7 Å². The van der Waals surface area contributed by atoms with Crippen LogP contribution in [0.5, 0.6) is 0 Å². The molecular formula is C15H13ClN2O2. The molecule has 0 saturated heterocycles. The van der Waals surface area contributed by atoms with Crippen LogP contribution in [-0.2, 0) is 0 Å². The summed E-state index contributed by atoms with van der Waals surface area (Å²) in [6.07, 6.45) is 0. The minimum atomic E-state index is -0.944. The predicted molar refractivity (Wildman–Crippen MR) is 80.7 cm³/mol. The van der Waals surface area contributed by atoms with Gasteiger partial charge in [0.2, 0.25) is 0 Å². The minimum absolute atomic E-state index is 0.251. The molecule has 0 aliphatic carbocycles. The van der Waals surface area contributed by atoms with E-state index in [9.17, 15) is 4.79 Å². The number of carboxylic acids is 1. The van der Waals surface area contributed by atoms with Crippen molar-refractivity contribution in [3.8, 4) is 0 Å². The lowest BCUT2D eigenvalue weighted by Gasteiger charge is -2.05. The SMILES string of the molecule is C/C(=N\Nc1ccccc1Cl)c1ccc(C(=O)O)cc1. The van der Waals surface area contributed by atoms with Gasteiger partial charge in [0.15, 0.2) is 0 Å². The number of nitrogens with one attached hydrogen (secondary N) is 1. The van der Waals surface area contributed by atoms with Crippen LogP contribution in [-0.4, -0.2) is 16.8 Å². The van der Waals surface area contributed by atoms with Crippen molar-refractivity contribution in [1.82, 2.24) is 0 Å². The fraction of sp³-hybridized carbons (Fsp3) is 0.0667. The molecule has 0 amide bonds. The third-order valence-corrected chi connectivity index (χ3v) is 3.10. The van der Waals surface area contributed by atoms with Crippen LogP contribution in [0.25, 0.3) is 0 Å². The van der Waals surface area contributed by atoms with E-state index < -0.39 is 5.97 Å². The van der Waals surface area contributed by atoms with Crippen LogP contribution in [0.15, 0.2) is 53.6 Å². The molecule has 0 saturated carbocycles. The maximum Gasteiger partial charge on any atom is 0.335 e. The molecule has 0 unspecified atom stereocenters. The topological polar surface area (TPSA) is 61.7 Å². The highest BCUT2D eigenvalue weighted by molar-refractivity contribution is 6.33. The lowest BCUT2D eigenvalue weighted by Crippen LogP contribution is -2.01. The third-order valence-electron chi connectivity index (χ3n) is 2.77. The summed E-state index contributed by atoms with van der Waals surface area (Å²) in [5, 5.41) is 13.7. The van der Waals surface area contributed by atoms with Crippen molar-refractivity contribution in [3.05, 3.63) is 64.7 Å². The molecule has 0 atom stereocenters. The number of aromatic carboxylic acids is 1. The number of hydrogen-bond donors (Lipinski definition) is 2. The standard InChI is InChI=1S/C15H13ClN2O2/c1-10(11-6-8-12(9-7-11)15(19)20)17-18-14-5-3-2-4-13(14)16/h2-9,18H,1H3,(H,19,20)/b17-10+. The van der Waals surface area contributed by atoms with Crippen LogP contribution < -0.4 is 5.43 Å². The van der Waals surface area contributed by atoms with Crippen LogP contribution in [0.3, 0.4) is 0 Å². The Labute approximate surface area is 121 Å². The summed E-state index contributed by atoms with van der Waals surface area (Å²) in [4.78, 5) is 10.8. The summed E-state index contributed by atoms with van der Waals surface area (Å²) in [7, 11) is 0. The van der Waals surface area contributed by atoms with Gasteiger partial charge in [-0.25, -0.2) is 4.79 Å². The molecule has 2 aromatic carbocycles. The van der Waals surface area contributed by atoms with Gasteiger partial charge in [-0.3, -0.25) is 5.43 Å². The zero-order valence-electron chi connectivity index (χ0n) is 10.8. The number of nitrogens with zero attached hydrogens (tertiary/aromatic N) is 1. The number of halogens is 1. The molecule has 2 aromatic rings. The molecule has 20 heavy (non-hydrogen) atoms. The number of benzene rings is 2. The van der Waals surface area contributed by atoms with Crippen LogP contribution in [0.2, 0.25) is 5.02 Å². The summed E-state index contributed by atoms with van der Waals surface area (Å²) < 4.78 is 0. The first-order valence-corrected chi connectivity index (χ1v) is 6.34. The van der Waals surface area contributed by atoms with Crippen molar-refractivity contribution in [2.45, 2.75) is 6.92 Å². The lowest BCUT2D eigenvalue weighted by molar-refractivity contribution is 0.0697. The van der Waals surface area contributed by atoms with Gasteiger partial charge in [0.05, 0.1) is 22.0 Å². The number of carboxylic acid groups (broad SMARTS) is 1. The third kappa shape index (κ3) is 3.36. The molecule has 2 rings (SSSR count). The first-order chi connectivity index (χ1) is 9.58. The summed E-state index contributed by atoms with van der Waals surface area (Å²) >= 11 is 6.01. The van der Waals surface area contributed by atoms with E-state index in [0.717, 1.165) is 17.0 Å². The molecule has 0 aromatic heterocycles. The summed E-state index contributed by atoms with van der Waals surface area (Å²) in [6, 6.07) is 13.8. The molecule has 0 aliphatic heterocycles. The number of para-hydroxylation sites is 1. The van der Waals surface area contributed by atoms with Gasteiger partial charge in [0, 0.05) is 0 Å². The van der Waals surface area contributed by atoms with Crippen LogP contribution in [0.4, 0.5) is 5.69 Å². The van der Waals surface area contributed by atoms with Gasteiger partial charge in [-0.1, -0.05) is 35.9 Å². The fourth-order valence-electron chi connectivity index (χ4n) is 1.61. The van der Waals surface area contributed by atoms with Crippen molar-refractivity contribution in [1.29, 1.82) is 0 Å². The van der Waals surface area contributed by atoms with Crippen molar-refractivity contribution < 1.29 is 9.90 Å². The summed E-state index contributed by atoms with van der Waals surface area (Å²) in [6.45, 7) is 1.83. The first-order valence-electron chi connectivity index (χ1n) is 5.96. The Morgan fingerprint density at radius 3 is 2.30 bits per heavy atom. The molecule has 102 valence electrons. The van der Waals surface area contributed by atoms with E-state index in [0.29, 0.717) is 5.02 Å². The zero-order valence-corrected chi connectivity index (χ0v) is 11.6. The van der Waals surface area contributed by atoms with Crippen molar-refractivity contribution in [2.75, 3.05) is 5.43 Å². The van der Waals surface area contributed by atoms with Gasteiger partial charge >= 0.3 is 5.97 Å². The number of hydrazone groups is 1. The minimum Gasteiger partial charge on any atom is -0.478 e. The second-order valence-corrected chi connectivity index (χ2v) is 4.58. The van der Waals surface area contributed by atoms with E-state index in [1.807, 2.05) is 25.1 Å². The highest BCUT2D eigenvalue weighted by Crippen LogP contribution is 2.20. The number of rotatable bonds is 4. The molecule has 0 spiro atoms. The van der Waals surface area contributed by atoms with Crippen LogP contribution in [0.1, 0.15) is 22.8 Å². The molecule has 0 heterocycles. The van der Waals surface area contributed by atoms with Crippen LogP contribution in [0, 0.1) is 0 Å². The fourth-order valence-corrected chi connectivity index (χ4v) is 1.79. The van der Waals surface area contributed by atoms with Gasteiger partial charge in [0.1, 0.15) is 0 Å². The second-order valence-electron chi connectivity index (χ2n) is 4.17. The Kier molecular flexibility index (Phi) is 4.38. The van der Waals surface area contributed by atoms with Crippen molar-refractivity contribution in [3.63, 3.8) is 0 Å². The monoisotopic (exact) mass is 288 g/mol. The van der Waals surface area contributed by atoms with E-state index >= 15 is 0 Å². The zero-order chi connectivity index (χ0) is 14.5. The van der Waals surface area contributed by atoms with Crippen molar-refractivity contribution in [2.24, 2.45) is 5.10 Å². The van der Waals surface area contributed by atoms with E-state index in [1.54, 1.807) is 30.3 Å². The summed E-state index contributed by atoms with van der Waals surface area (Å²) in [5.41, 5.74) is 5.44. The summed E-state index contributed by atoms with van der Waals surface area (Å²) in [5.74, 6) is -0.944. The number of carbonyl (C=O) groups is 1. The Morgan fingerprint density at radius 2 is 1.70 bits per heavy atom. The second kappa shape index (κ2) is 6.21. The van der Waals surface area contributed by atoms with Gasteiger partial charge in [-0.05, 0) is 36.8 Å². The maximum absolute atomic E-state index is 10.8. The molecule has 0 radical (unpaired) electrons. The maximum atomic E-state index is 10.8. The predicted octanol–water partition coefficient (Wildman–Crippen LogP) is 3.87. The highest BCUT2D eigenvalue weighted by atomic mass is 35.5. The first kappa shape index (κ1) is 14.1.